The molecule has 1 heterocycles. The summed E-state index contributed by atoms with van der Waals surface area (Å²) in [6.07, 6.45) is 0. The fourth-order valence-corrected chi connectivity index (χ4v) is 3.92. The number of aryl methyl sites for hydroxylation is 1. The summed E-state index contributed by atoms with van der Waals surface area (Å²) in [4.78, 5) is 4.52. The second-order valence-corrected chi connectivity index (χ2v) is 7.83. The van der Waals surface area contributed by atoms with Crippen molar-refractivity contribution in [1.82, 2.24) is 4.98 Å². The molecule has 0 unspecified atom stereocenters. The third-order valence-corrected chi connectivity index (χ3v) is 5.47. The van der Waals surface area contributed by atoms with Crippen LogP contribution >= 0.6 is 22.9 Å². The van der Waals surface area contributed by atoms with Crippen molar-refractivity contribution >= 4 is 48.9 Å². The molecule has 3 rings (SSSR count). The minimum atomic E-state index is -3.62. The molecule has 7 heteroatoms. The molecule has 1 N–H and O–H groups in total. The Labute approximate surface area is 131 Å². The van der Waals surface area contributed by atoms with E-state index in [0.717, 1.165) is 15.2 Å². The maximum absolute atomic E-state index is 12.3. The van der Waals surface area contributed by atoms with Crippen LogP contribution in [0.3, 0.4) is 0 Å². The summed E-state index contributed by atoms with van der Waals surface area (Å²) < 4.78 is 28.1. The summed E-state index contributed by atoms with van der Waals surface area (Å²) in [7, 11) is -3.62. The van der Waals surface area contributed by atoms with E-state index in [1.165, 1.54) is 12.1 Å². The lowest BCUT2D eigenvalue weighted by Crippen LogP contribution is -2.12. The maximum Gasteiger partial charge on any atom is 0.261 e. The molecule has 0 aliphatic rings. The van der Waals surface area contributed by atoms with Crippen LogP contribution in [0.25, 0.3) is 10.2 Å². The van der Waals surface area contributed by atoms with Crippen LogP contribution in [0.5, 0.6) is 0 Å². The standard InChI is InChI=1S/C14H11ClN2O2S2/c1-9-16-13-8-11(4-7-14(13)20-9)17-21(18,19)12-5-2-10(15)3-6-12/h2-8,17H,1H3. The smallest absolute Gasteiger partial charge is 0.261 e. The molecule has 0 bridgehead atoms. The number of anilines is 1. The molecule has 0 amide bonds. The Morgan fingerprint density at radius 1 is 1.14 bits per heavy atom. The Balaban J connectivity index is 1.94. The topological polar surface area (TPSA) is 59.1 Å². The number of halogens is 1. The Hall–Kier alpha value is -1.63. The lowest BCUT2D eigenvalue weighted by atomic mass is 10.3. The van der Waals surface area contributed by atoms with Crippen molar-refractivity contribution in [1.29, 1.82) is 0 Å². The van der Waals surface area contributed by atoms with E-state index >= 15 is 0 Å². The lowest BCUT2D eigenvalue weighted by molar-refractivity contribution is 0.601. The highest BCUT2D eigenvalue weighted by atomic mass is 35.5. The molecule has 2 aromatic carbocycles. The average Bonchev–Trinajstić information content (AvgIpc) is 2.78. The Kier molecular flexibility index (Phi) is 3.61. The molecule has 0 atom stereocenters. The molecular weight excluding hydrogens is 328 g/mol. The van der Waals surface area contributed by atoms with E-state index in [1.807, 2.05) is 13.0 Å². The van der Waals surface area contributed by atoms with E-state index < -0.39 is 10.0 Å². The van der Waals surface area contributed by atoms with Gasteiger partial charge in [0.1, 0.15) is 0 Å². The van der Waals surface area contributed by atoms with Crippen molar-refractivity contribution in [3.63, 3.8) is 0 Å². The summed E-state index contributed by atoms with van der Waals surface area (Å²) in [6, 6.07) is 11.3. The summed E-state index contributed by atoms with van der Waals surface area (Å²) >= 11 is 7.34. The van der Waals surface area contributed by atoms with Gasteiger partial charge >= 0.3 is 0 Å². The Bertz CT molecular complexity index is 902. The molecule has 3 aromatic rings. The van der Waals surface area contributed by atoms with Crippen LogP contribution in [0.15, 0.2) is 47.4 Å². The van der Waals surface area contributed by atoms with Crippen LogP contribution in [0.2, 0.25) is 5.02 Å². The van der Waals surface area contributed by atoms with Gasteiger partial charge in [0.2, 0.25) is 0 Å². The molecule has 0 radical (unpaired) electrons. The zero-order chi connectivity index (χ0) is 15.0. The average molecular weight is 339 g/mol. The summed E-state index contributed by atoms with van der Waals surface area (Å²) in [6.45, 7) is 1.92. The van der Waals surface area contributed by atoms with Crippen molar-refractivity contribution in [2.24, 2.45) is 0 Å². The molecule has 0 saturated carbocycles. The van der Waals surface area contributed by atoms with Crippen LogP contribution in [-0.4, -0.2) is 13.4 Å². The molecule has 21 heavy (non-hydrogen) atoms. The van der Waals surface area contributed by atoms with Gasteiger partial charge in [-0.05, 0) is 49.4 Å². The quantitative estimate of drug-likeness (QED) is 0.783. The van der Waals surface area contributed by atoms with Crippen molar-refractivity contribution < 1.29 is 8.42 Å². The van der Waals surface area contributed by atoms with Crippen LogP contribution < -0.4 is 4.72 Å². The van der Waals surface area contributed by atoms with Crippen molar-refractivity contribution in [3.05, 3.63) is 52.5 Å². The zero-order valence-corrected chi connectivity index (χ0v) is 13.4. The molecule has 108 valence electrons. The van der Waals surface area contributed by atoms with E-state index in [9.17, 15) is 8.42 Å². The fourth-order valence-electron chi connectivity index (χ4n) is 1.93. The summed E-state index contributed by atoms with van der Waals surface area (Å²) in [5.74, 6) is 0. The molecule has 0 saturated heterocycles. The van der Waals surface area contributed by atoms with E-state index in [0.29, 0.717) is 10.7 Å². The Morgan fingerprint density at radius 2 is 1.86 bits per heavy atom. The number of nitrogens with zero attached hydrogens (tertiary/aromatic N) is 1. The normalized spacial score (nSPS) is 11.7. The highest BCUT2D eigenvalue weighted by Gasteiger charge is 2.14. The number of nitrogens with one attached hydrogen (secondary N) is 1. The minimum absolute atomic E-state index is 0.168. The van der Waals surface area contributed by atoms with Crippen LogP contribution in [0, 0.1) is 6.92 Å². The minimum Gasteiger partial charge on any atom is -0.280 e. The molecule has 0 fully saturated rings. The van der Waals surface area contributed by atoms with Gasteiger partial charge in [-0.25, -0.2) is 13.4 Å². The van der Waals surface area contributed by atoms with E-state index in [4.69, 9.17) is 11.6 Å². The Morgan fingerprint density at radius 3 is 2.57 bits per heavy atom. The van der Waals surface area contributed by atoms with E-state index in [1.54, 1.807) is 35.6 Å². The number of sulfonamides is 1. The largest absolute Gasteiger partial charge is 0.280 e. The van der Waals surface area contributed by atoms with Gasteiger partial charge in [0, 0.05) is 5.02 Å². The van der Waals surface area contributed by atoms with Gasteiger partial charge in [-0.3, -0.25) is 4.72 Å². The number of fused-ring (bicyclic) bond motifs is 1. The lowest BCUT2D eigenvalue weighted by Gasteiger charge is -2.08. The molecular formula is C14H11ClN2O2S2. The third kappa shape index (κ3) is 3.02. The number of hydrogen-bond acceptors (Lipinski definition) is 4. The first-order chi connectivity index (χ1) is 9.94. The zero-order valence-electron chi connectivity index (χ0n) is 11.0. The van der Waals surface area contributed by atoms with Gasteiger partial charge in [-0.2, -0.15) is 0 Å². The second kappa shape index (κ2) is 5.29. The monoisotopic (exact) mass is 338 g/mol. The van der Waals surface area contributed by atoms with Gasteiger partial charge < -0.3 is 0 Å². The van der Waals surface area contributed by atoms with Gasteiger partial charge in [0.25, 0.3) is 10.0 Å². The van der Waals surface area contributed by atoms with E-state index in [2.05, 4.69) is 9.71 Å². The van der Waals surface area contributed by atoms with Gasteiger partial charge in [-0.15, -0.1) is 11.3 Å². The molecule has 0 spiro atoms. The van der Waals surface area contributed by atoms with E-state index in [-0.39, 0.29) is 4.90 Å². The van der Waals surface area contributed by atoms with Crippen molar-refractivity contribution in [2.45, 2.75) is 11.8 Å². The van der Waals surface area contributed by atoms with Crippen LogP contribution in [0.4, 0.5) is 5.69 Å². The van der Waals surface area contributed by atoms with Crippen LogP contribution in [0.1, 0.15) is 5.01 Å². The predicted octanol–water partition coefficient (Wildman–Crippen LogP) is 4.06. The molecule has 1 aromatic heterocycles. The SMILES string of the molecule is Cc1nc2cc(NS(=O)(=O)c3ccc(Cl)cc3)ccc2s1. The first kappa shape index (κ1) is 14.3. The fraction of sp³-hybridized carbons (Fsp3) is 0.0714. The molecule has 0 aliphatic heterocycles. The van der Waals surface area contributed by atoms with Gasteiger partial charge in [0.05, 0.1) is 25.8 Å². The summed E-state index contributed by atoms with van der Waals surface area (Å²) in [5, 5.41) is 1.44. The highest BCUT2D eigenvalue weighted by Crippen LogP contribution is 2.26. The van der Waals surface area contributed by atoms with Gasteiger partial charge in [-0.1, -0.05) is 11.6 Å². The summed E-state index contributed by atoms with van der Waals surface area (Å²) in [5.41, 5.74) is 1.27. The second-order valence-electron chi connectivity index (χ2n) is 4.47. The molecule has 4 nitrogen and oxygen atoms in total. The number of benzene rings is 2. The predicted molar refractivity (Wildman–Crippen MR) is 86.6 cm³/mol. The van der Waals surface area contributed by atoms with Crippen molar-refractivity contribution in [2.75, 3.05) is 4.72 Å². The van der Waals surface area contributed by atoms with Gasteiger partial charge in [0.15, 0.2) is 0 Å². The molecule has 0 aliphatic carbocycles. The van der Waals surface area contributed by atoms with Crippen LogP contribution in [-0.2, 0) is 10.0 Å². The highest BCUT2D eigenvalue weighted by molar-refractivity contribution is 7.92. The maximum atomic E-state index is 12.3. The third-order valence-electron chi connectivity index (χ3n) is 2.87. The number of thiazole rings is 1. The first-order valence-electron chi connectivity index (χ1n) is 6.10. The number of hydrogen-bond donors (Lipinski definition) is 1. The van der Waals surface area contributed by atoms with Crippen molar-refractivity contribution in [3.8, 4) is 0 Å². The number of aromatic nitrogens is 1. The first-order valence-corrected chi connectivity index (χ1v) is 8.77. The number of rotatable bonds is 3.